The highest BCUT2D eigenvalue weighted by Gasteiger charge is 2.51. The first-order valence-corrected chi connectivity index (χ1v) is 27.7. The van der Waals surface area contributed by atoms with E-state index in [2.05, 4.69) is 92.1 Å². The van der Waals surface area contributed by atoms with E-state index in [-0.39, 0.29) is 18.9 Å². The van der Waals surface area contributed by atoms with Gasteiger partial charge in [-0.15, -0.1) is 0 Å². The summed E-state index contributed by atoms with van der Waals surface area (Å²) in [4.78, 5) is 13.2. The van der Waals surface area contributed by atoms with Crippen molar-refractivity contribution in [2.45, 2.75) is 261 Å². The van der Waals surface area contributed by atoms with E-state index >= 15 is 0 Å². The second kappa shape index (κ2) is 42.8. The number of unbranched alkanes of at least 4 members (excludes halogenated alkanes) is 17. The maximum absolute atomic E-state index is 13.2. The summed E-state index contributed by atoms with van der Waals surface area (Å²) in [6, 6.07) is -0.836. The SMILES string of the molecule is CC/C=C\C/C=C\C/C=C\C/C=C\C/C=C\C/C=C\CCCCCCCCCCC(=O)NC(COC1OC(CO)C(OC2OC(CO)C(O)C(O)C2O)C(O)C1O)C(O)CCCCCCCCCCCC. The summed E-state index contributed by atoms with van der Waals surface area (Å²) in [7, 11) is 0. The highest BCUT2D eigenvalue weighted by molar-refractivity contribution is 5.76. The zero-order valence-electron chi connectivity index (χ0n) is 43.7. The lowest BCUT2D eigenvalue weighted by atomic mass is 9.97. The van der Waals surface area contributed by atoms with Crippen LogP contribution in [0.15, 0.2) is 72.9 Å². The van der Waals surface area contributed by atoms with Crippen LogP contribution >= 0.6 is 0 Å². The zero-order chi connectivity index (χ0) is 51.7. The standard InChI is InChI=1S/C57H99NO13/c1-3-5-7-9-11-13-15-16-17-18-19-20-21-22-23-24-25-26-27-28-29-30-31-33-35-37-39-41-49(62)58-45(46(61)40-38-36-34-32-14-12-10-8-6-4-2)44-68-56-54(67)52(65)55(48(43-60)70-56)71-57-53(66)51(64)50(63)47(42-59)69-57/h5,7,11,13,16-17,19-20,22-23,25-26,45-48,50-57,59-61,63-67H,3-4,6,8-10,12,14-15,18,21,24,27-44H2,1-2H3,(H,58,62)/b7-5-,13-11-,17-16-,20-19-,23-22-,26-25-. The second-order valence-corrected chi connectivity index (χ2v) is 19.3. The summed E-state index contributed by atoms with van der Waals surface area (Å²) >= 11 is 0. The Bertz CT molecular complexity index is 1470. The van der Waals surface area contributed by atoms with Gasteiger partial charge in [-0.25, -0.2) is 0 Å². The van der Waals surface area contributed by atoms with Gasteiger partial charge in [0.15, 0.2) is 12.6 Å². The van der Waals surface area contributed by atoms with Gasteiger partial charge >= 0.3 is 0 Å². The normalized spacial score (nSPS) is 26.3. The molecule has 0 bridgehead atoms. The molecule has 2 aliphatic rings. The molecule has 0 aromatic carbocycles. The Morgan fingerprint density at radius 1 is 0.521 bits per heavy atom. The van der Waals surface area contributed by atoms with Crippen LogP contribution < -0.4 is 5.32 Å². The molecule has 9 N–H and O–H groups in total. The largest absolute Gasteiger partial charge is 0.394 e. The summed E-state index contributed by atoms with van der Waals surface area (Å²) in [6.45, 7) is 2.70. The number of nitrogens with one attached hydrogen (secondary N) is 1. The Labute approximate surface area is 428 Å². The monoisotopic (exact) mass is 1010 g/mol. The number of rotatable bonds is 42. The molecule has 0 saturated carbocycles. The van der Waals surface area contributed by atoms with Gasteiger partial charge in [0.1, 0.15) is 48.8 Å². The van der Waals surface area contributed by atoms with E-state index in [9.17, 15) is 45.6 Å². The summed E-state index contributed by atoms with van der Waals surface area (Å²) in [5.74, 6) is -0.221. The van der Waals surface area contributed by atoms with Gasteiger partial charge in [-0.3, -0.25) is 4.79 Å². The van der Waals surface area contributed by atoms with Gasteiger partial charge in [-0.05, 0) is 64.2 Å². The molecular weight excluding hydrogens is 907 g/mol. The lowest BCUT2D eigenvalue weighted by Gasteiger charge is -2.46. The first kappa shape index (κ1) is 64.5. The van der Waals surface area contributed by atoms with Crippen LogP contribution in [0.2, 0.25) is 0 Å². The number of aliphatic hydroxyl groups excluding tert-OH is 8. The molecule has 2 fully saturated rings. The Kier molecular flexibility index (Phi) is 38.9. The number of allylic oxidation sites excluding steroid dienone is 12. The minimum atomic E-state index is -1.78. The van der Waals surface area contributed by atoms with Gasteiger partial charge in [0.2, 0.25) is 5.91 Å². The molecule has 14 nitrogen and oxygen atoms in total. The number of aliphatic hydroxyl groups is 8. The van der Waals surface area contributed by atoms with Crippen LogP contribution in [0.5, 0.6) is 0 Å². The second-order valence-electron chi connectivity index (χ2n) is 19.3. The average Bonchev–Trinajstić information content (AvgIpc) is 3.37. The van der Waals surface area contributed by atoms with E-state index < -0.39 is 86.8 Å². The quantitative estimate of drug-likeness (QED) is 0.0207. The molecule has 12 atom stereocenters. The van der Waals surface area contributed by atoms with Gasteiger partial charge in [0.05, 0.1) is 32.0 Å². The van der Waals surface area contributed by atoms with Gasteiger partial charge in [-0.1, -0.05) is 189 Å². The molecule has 2 saturated heterocycles. The van der Waals surface area contributed by atoms with Crippen molar-refractivity contribution >= 4 is 5.91 Å². The van der Waals surface area contributed by atoms with Crippen LogP contribution in [0, 0.1) is 0 Å². The smallest absolute Gasteiger partial charge is 0.220 e. The fourth-order valence-electron chi connectivity index (χ4n) is 8.71. The summed E-state index contributed by atoms with van der Waals surface area (Å²) < 4.78 is 22.7. The fraction of sp³-hybridized carbons (Fsp3) is 0.772. The van der Waals surface area contributed by atoms with E-state index in [1.807, 2.05) is 0 Å². The van der Waals surface area contributed by atoms with E-state index in [0.29, 0.717) is 12.8 Å². The molecule has 71 heavy (non-hydrogen) atoms. The maximum Gasteiger partial charge on any atom is 0.220 e. The Morgan fingerprint density at radius 3 is 1.49 bits per heavy atom. The van der Waals surface area contributed by atoms with Crippen molar-refractivity contribution < 1.29 is 64.6 Å². The fourth-order valence-corrected chi connectivity index (χ4v) is 8.71. The van der Waals surface area contributed by atoms with Crippen molar-refractivity contribution in [1.29, 1.82) is 0 Å². The average molecular weight is 1010 g/mol. The lowest BCUT2D eigenvalue weighted by molar-refractivity contribution is -0.359. The Balaban J connectivity index is 1.72. The van der Waals surface area contributed by atoms with Crippen molar-refractivity contribution in [3.8, 4) is 0 Å². The Hall–Kier alpha value is -2.57. The van der Waals surface area contributed by atoms with Crippen LogP contribution in [-0.2, 0) is 23.7 Å². The van der Waals surface area contributed by atoms with E-state index in [1.54, 1.807) is 0 Å². The zero-order valence-corrected chi connectivity index (χ0v) is 43.7. The molecule has 2 heterocycles. The first-order chi connectivity index (χ1) is 34.6. The van der Waals surface area contributed by atoms with Crippen LogP contribution in [-0.4, -0.2) is 140 Å². The van der Waals surface area contributed by atoms with E-state index in [0.717, 1.165) is 89.9 Å². The topological polar surface area (TPSA) is 228 Å². The van der Waals surface area contributed by atoms with Crippen LogP contribution in [0.25, 0.3) is 0 Å². The maximum atomic E-state index is 13.2. The van der Waals surface area contributed by atoms with Gasteiger partial charge in [-0.2, -0.15) is 0 Å². The minimum absolute atomic E-state index is 0.221. The van der Waals surface area contributed by atoms with Gasteiger partial charge in [0.25, 0.3) is 0 Å². The molecule has 14 heteroatoms. The van der Waals surface area contributed by atoms with E-state index in [4.69, 9.17) is 18.9 Å². The van der Waals surface area contributed by atoms with Crippen molar-refractivity contribution in [3.05, 3.63) is 72.9 Å². The number of carbonyl (C=O) groups is 1. The van der Waals surface area contributed by atoms with Crippen LogP contribution in [0.4, 0.5) is 0 Å². The number of hydrogen-bond acceptors (Lipinski definition) is 13. The van der Waals surface area contributed by atoms with Gasteiger partial charge < -0.3 is 65.1 Å². The molecule has 2 aliphatic heterocycles. The van der Waals surface area contributed by atoms with E-state index in [1.165, 1.54) is 64.2 Å². The first-order valence-electron chi connectivity index (χ1n) is 27.7. The van der Waals surface area contributed by atoms with Crippen LogP contribution in [0.1, 0.15) is 187 Å². The molecule has 410 valence electrons. The minimum Gasteiger partial charge on any atom is -0.394 e. The molecule has 12 unspecified atom stereocenters. The number of carbonyl (C=O) groups excluding carboxylic acids is 1. The van der Waals surface area contributed by atoms with Crippen molar-refractivity contribution in [3.63, 3.8) is 0 Å². The molecule has 1 amide bonds. The Morgan fingerprint density at radius 2 is 0.972 bits per heavy atom. The van der Waals surface area contributed by atoms with Crippen LogP contribution in [0.3, 0.4) is 0 Å². The predicted octanol–water partition coefficient (Wildman–Crippen LogP) is 8.38. The van der Waals surface area contributed by atoms with Gasteiger partial charge in [0, 0.05) is 6.42 Å². The molecule has 0 spiro atoms. The number of amides is 1. The number of hydrogen-bond donors (Lipinski definition) is 9. The summed E-state index contributed by atoms with van der Waals surface area (Å²) in [6.07, 6.45) is 37.7. The molecule has 2 rings (SSSR count). The molecule has 0 aromatic heterocycles. The highest BCUT2D eigenvalue weighted by Crippen LogP contribution is 2.30. The number of ether oxygens (including phenoxy) is 4. The predicted molar refractivity (Wildman–Crippen MR) is 281 cm³/mol. The molecule has 0 aliphatic carbocycles. The molecular formula is C57H99NO13. The third kappa shape index (κ3) is 29.2. The van der Waals surface area contributed by atoms with Crippen molar-refractivity contribution in [1.82, 2.24) is 5.32 Å². The highest BCUT2D eigenvalue weighted by atomic mass is 16.7. The summed E-state index contributed by atoms with van der Waals surface area (Å²) in [5, 5.41) is 86.9. The van der Waals surface area contributed by atoms with Crippen molar-refractivity contribution in [2.75, 3.05) is 19.8 Å². The molecule has 0 radical (unpaired) electrons. The lowest BCUT2D eigenvalue weighted by Crippen LogP contribution is -2.65. The third-order valence-electron chi connectivity index (χ3n) is 13.2. The molecule has 0 aromatic rings. The van der Waals surface area contributed by atoms with Crippen molar-refractivity contribution in [2.24, 2.45) is 0 Å². The third-order valence-corrected chi connectivity index (χ3v) is 13.2. The summed E-state index contributed by atoms with van der Waals surface area (Å²) in [5.41, 5.74) is 0.